The van der Waals surface area contributed by atoms with E-state index in [4.69, 9.17) is 4.42 Å². The minimum atomic E-state index is -0.140. The summed E-state index contributed by atoms with van der Waals surface area (Å²) in [7, 11) is 0. The van der Waals surface area contributed by atoms with Crippen LogP contribution in [0.5, 0.6) is 0 Å². The molecule has 0 N–H and O–H groups in total. The van der Waals surface area contributed by atoms with Gasteiger partial charge < -0.3 is 19.1 Å². The highest BCUT2D eigenvalue weighted by molar-refractivity contribution is 7.00. The third kappa shape index (κ3) is 8.24. The van der Waals surface area contributed by atoms with E-state index < -0.39 is 0 Å². The van der Waals surface area contributed by atoms with E-state index in [2.05, 4.69) is 282 Å². The summed E-state index contributed by atoms with van der Waals surface area (Å²) in [6.07, 6.45) is 0. The highest BCUT2D eigenvalue weighted by atomic mass is 16.3. The predicted molar refractivity (Wildman–Crippen MR) is 316 cm³/mol. The standard InChI is InChI=1S/C68H72BN3O/c1-64(2,3)43-23-32-48(33-24-43)70(49-34-25-44(26-35-49)65(4,5)6)58-42-54-62(63-60(58)52-19-16-17-22-59(52)73-63)72(51-38-29-46(30-39-51)67(10,11)12)57-21-18-20-56-61(57)69(54)53-41-47(68(13,14)15)31-40-55(53)71(56)50-36-27-45(28-37-50)66(7,8)9/h16-42H,1-15H3. The molecule has 0 radical (unpaired) electrons. The van der Waals surface area contributed by atoms with E-state index >= 15 is 0 Å². The molecule has 8 aromatic carbocycles. The molecule has 9 aromatic rings. The molecule has 11 rings (SSSR count). The number of fused-ring (bicyclic) bond motifs is 8. The van der Waals surface area contributed by atoms with Gasteiger partial charge in [-0.05, 0) is 150 Å². The third-order valence-corrected chi connectivity index (χ3v) is 15.7. The van der Waals surface area contributed by atoms with Gasteiger partial charge in [-0.3, -0.25) is 0 Å². The minimum absolute atomic E-state index is 0.00000106. The van der Waals surface area contributed by atoms with Crippen molar-refractivity contribution in [3.63, 3.8) is 0 Å². The van der Waals surface area contributed by atoms with Crippen LogP contribution in [-0.4, -0.2) is 6.71 Å². The Labute approximate surface area is 435 Å². The van der Waals surface area contributed by atoms with Gasteiger partial charge >= 0.3 is 0 Å². The van der Waals surface area contributed by atoms with Gasteiger partial charge in [0, 0.05) is 45.2 Å². The molecule has 0 bridgehead atoms. The lowest BCUT2D eigenvalue weighted by atomic mass is 9.33. The summed E-state index contributed by atoms with van der Waals surface area (Å²) in [6.45, 7) is 34.4. The lowest BCUT2D eigenvalue weighted by Gasteiger charge is -2.45. The third-order valence-electron chi connectivity index (χ3n) is 15.7. The molecular weight excluding hydrogens is 886 g/mol. The van der Waals surface area contributed by atoms with E-state index in [1.54, 1.807) is 0 Å². The number of para-hydroxylation sites is 1. The van der Waals surface area contributed by atoms with Gasteiger partial charge in [0.15, 0.2) is 5.58 Å². The summed E-state index contributed by atoms with van der Waals surface area (Å²) in [5.74, 6) is 0. The Bertz CT molecular complexity index is 3510. The summed E-state index contributed by atoms with van der Waals surface area (Å²) < 4.78 is 7.44. The van der Waals surface area contributed by atoms with Crippen LogP contribution in [0.4, 0.5) is 51.2 Å². The second kappa shape index (κ2) is 16.8. The minimum Gasteiger partial charge on any atom is -0.454 e. The summed E-state index contributed by atoms with van der Waals surface area (Å²) in [6, 6.07) is 62.5. The molecule has 0 amide bonds. The van der Waals surface area contributed by atoms with Crippen LogP contribution in [0.2, 0.25) is 0 Å². The molecule has 0 atom stereocenters. The number of hydrogen-bond acceptors (Lipinski definition) is 4. The topological polar surface area (TPSA) is 22.9 Å². The smallest absolute Gasteiger partial charge is 0.252 e. The monoisotopic (exact) mass is 958 g/mol. The van der Waals surface area contributed by atoms with Crippen molar-refractivity contribution < 1.29 is 4.42 Å². The molecule has 2 aliphatic heterocycles. The Kier molecular flexibility index (Phi) is 11.1. The van der Waals surface area contributed by atoms with Crippen LogP contribution >= 0.6 is 0 Å². The highest BCUT2D eigenvalue weighted by Gasteiger charge is 2.46. The largest absolute Gasteiger partial charge is 0.454 e. The molecule has 3 heterocycles. The van der Waals surface area contributed by atoms with Gasteiger partial charge in [-0.25, -0.2) is 0 Å². The molecular formula is C68H72BN3O. The van der Waals surface area contributed by atoms with Crippen molar-refractivity contribution in [2.24, 2.45) is 0 Å². The van der Waals surface area contributed by atoms with Gasteiger partial charge in [0.1, 0.15) is 5.58 Å². The zero-order valence-electron chi connectivity index (χ0n) is 45.9. The van der Waals surface area contributed by atoms with E-state index in [0.717, 1.165) is 61.8 Å². The Balaban J connectivity index is 1.28. The number of benzene rings is 8. The van der Waals surface area contributed by atoms with Crippen molar-refractivity contribution in [3.8, 4) is 0 Å². The van der Waals surface area contributed by atoms with Crippen molar-refractivity contribution in [2.75, 3.05) is 14.7 Å². The Morgan fingerprint density at radius 1 is 0.397 bits per heavy atom. The predicted octanol–water partition coefficient (Wildman–Crippen LogP) is 17.6. The van der Waals surface area contributed by atoms with Crippen molar-refractivity contribution >= 4 is 96.2 Å². The molecule has 0 fully saturated rings. The van der Waals surface area contributed by atoms with Crippen LogP contribution < -0.4 is 31.1 Å². The molecule has 0 saturated heterocycles. The van der Waals surface area contributed by atoms with E-state index in [-0.39, 0.29) is 33.8 Å². The normalized spacial score (nSPS) is 13.9. The van der Waals surface area contributed by atoms with Crippen molar-refractivity contribution in [1.82, 2.24) is 0 Å². The molecule has 0 aliphatic carbocycles. The second-order valence-corrected chi connectivity index (χ2v) is 26.0. The van der Waals surface area contributed by atoms with Gasteiger partial charge in [-0.1, -0.05) is 189 Å². The highest BCUT2D eigenvalue weighted by Crippen LogP contribution is 2.52. The van der Waals surface area contributed by atoms with Crippen LogP contribution in [0.1, 0.15) is 132 Å². The molecule has 0 saturated carbocycles. The van der Waals surface area contributed by atoms with Gasteiger partial charge in [-0.15, -0.1) is 0 Å². The van der Waals surface area contributed by atoms with Crippen LogP contribution in [-0.2, 0) is 27.1 Å². The lowest BCUT2D eigenvalue weighted by Crippen LogP contribution is -2.61. The molecule has 5 heteroatoms. The van der Waals surface area contributed by atoms with Gasteiger partial charge in [0.25, 0.3) is 6.71 Å². The van der Waals surface area contributed by atoms with Crippen molar-refractivity contribution in [1.29, 1.82) is 0 Å². The maximum Gasteiger partial charge on any atom is 0.252 e. The first kappa shape index (κ1) is 48.3. The molecule has 368 valence electrons. The molecule has 0 spiro atoms. The Hall–Kier alpha value is -6.98. The number of hydrogen-bond donors (Lipinski definition) is 0. The van der Waals surface area contributed by atoms with Crippen LogP contribution in [0.3, 0.4) is 0 Å². The summed E-state index contributed by atoms with van der Waals surface area (Å²) in [5, 5.41) is 2.18. The van der Waals surface area contributed by atoms with Gasteiger partial charge in [0.2, 0.25) is 0 Å². The maximum absolute atomic E-state index is 7.44. The maximum atomic E-state index is 7.44. The first-order valence-electron chi connectivity index (χ1n) is 26.5. The Morgan fingerprint density at radius 3 is 1.33 bits per heavy atom. The van der Waals surface area contributed by atoms with Gasteiger partial charge in [0.05, 0.1) is 16.8 Å². The molecule has 4 nitrogen and oxygen atoms in total. The SMILES string of the molecule is CC(C)(C)c1ccc(N2c3ccc(C(C)(C)C)cc3B3c4cc(N(c5ccc(C(C)(C)C)cc5)c5ccc(C(C)(C)C)cc5)c5c(oc6ccccc65)c4N(c4ccc(C(C)(C)C)cc4)c4cccc2c43)cc1. The fraction of sp³-hybridized carbons (Fsp3) is 0.294. The number of nitrogens with zero attached hydrogens (tertiary/aromatic N) is 3. The van der Waals surface area contributed by atoms with Crippen LogP contribution in [0.15, 0.2) is 168 Å². The quantitative estimate of drug-likeness (QED) is 0.160. The summed E-state index contributed by atoms with van der Waals surface area (Å²) >= 11 is 0. The molecule has 73 heavy (non-hydrogen) atoms. The molecule has 2 aliphatic rings. The number of furan rings is 1. The molecule has 0 unspecified atom stereocenters. The van der Waals surface area contributed by atoms with E-state index in [1.807, 2.05) is 0 Å². The number of rotatable bonds is 5. The number of anilines is 9. The molecule has 1 aromatic heterocycles. The zero-order valence-corrected chi connectivity index (χ0v) is 45.9. The average Bonchev–Trinajstić information content (AvgIpc) is 3.73. The van der Waals surface area contributed by atoms with Gasteiger partial charge in [-0.2, -0.15) is 0 Å². The summed E-state index contributed by atoms with van der Waals surface area (Å²) in [4.78, 5) is 7.54. The second-order valence-electron chi connectivity index (χ2n) is 26.0. The average molecular weight is 958 g/mol. The lowest BCUT2D eigenvalue weighted by molar-refractivity contribution is 0.590. The van der Waals surface area contributed by atoms with E-state index in [0.29, 0.717) is 0 Å². The van der Waals surface area contributed by atoms with Crippen molar-refractivity contribution in [2.45, 2.75) is 131 Å². The van der Waals surface area contributed by atoms with E-state index in [9.17, 15) is 0 Å². The first-order valence-corrected chi connectivity index (χ1v) is 26.5. The van der Waals surface area contributed by atoms with Crippen LogP contribution in [0.25, 0.3) is 21.9 Å². The fourth-order valence-electron chi connectivity index (χ4n) is 11.3. The van der Waals surface area contributed by atoms with E-state index in [1.165, 1.54) is 55.6 Å². The fourth-order valence-corrected chi connectivity index (χ4v) is 11.3. The first-order chi connectivity index (χ1) is 34.4. The van der Waals surface area contributed by atoms with Crippen LogP contribution in [0, 0.1) is 0 Å². The summed E-state index contributed by atoms with van der Waals surface area (Å²) in [5.41, 5.74) is 22.1. The zero-order chi connectivity index (χ0) is 51.7. The van der Waals surface area contributed by atoms with Crippen molar-refractivity contribution in [3.05, 3.63) is 192 Å². The Morgan fingerprint density at radius 2 is 0.836 bits per heavy atom.